The first-order valence-electron chi connectivity index (χ1n) is 23.9. The van der Waals surface area contributed by atoms with Crippen molar-refractivity contribution in [2.24, 2.45) is 0 Å². The number of hydrogen-bond donors (Lipinski definition) is 3. The molecule has 0 aromatic heterocycles. The Labute approximate surface area is 429 Å². The first-order valence-corrected chi connectivity index (χ1v) is 23.9. The molecule has 0 saturated carbocycles. The van der Waals surface area contributed by atoms with Gasteiger partial charge in [0.15, 0.2) is 0 Å². The maximum atomic E-state index is 13.3. The summed E-state index contributed by atoms with van der Waals surface area (Å²) in [6, 6.07) is 42.9. The van der Waals surface area contributed by atoms with Gasteiger partial charge in [0.05, 0.1) is 34.4 Å². The van der Waals surface area contributed by atoms with Crippen LogP contribution in [0.5, 0.6) is 0 Å². The minimum absolute atomic E-state index is 0.0113. The number of carbonyl (C=O) groups is 6. The van der Waals surface area contributed by atoms with Gasteiger partial charge >= 0.3 is 18.3 Å². The summed E-state index contributed by atoms with van der Waals surface area (Å²) in [6.45, 7) is 3.24. The van der Waals surface area contributed by atoms with Crippen molar-refractivity contribution < 1.29 is 60.2 Å². The monoisotopic (exact) mass is 1040 g/mol. The lowest BCUT2D eigenvalue weighted by molar-refractivity contribution is -0.138. The van der Waals surface area contributed by atoms with Crippen molar-refractivity contribution in [2.45, 2.75) is 32.1 Å². The van der Waals surface area contributed by atoms with E-state index in [9.17, 15) is 55.1 Å². The van der Waals surface area contributed by atoms with Crippen molar-refractivity contribution in [3.8, 4) is 0 Å². The van der Waals surface area contributed by atoms with Gasteiger partial charge in [-0.2, -0.15) is 26.3 Å². The smallest absolute Gasteiger partial charge is 0.417 e. The zero-order valence-electron chi connectivity index (χ0n) is 40.7. The molecule has 0 aliphatic carbocycles. The number of halogens is 6. The van der Waals surface area contributed by atoms with E-state index in [0.717, 1.165) is 41.6 Å². The van der Waals surface area contributed by atoms with Gasteiger partial charge in [-0.1, -0.05) is 91.9 Å². The number of carboxylic acid groups (broad SMARTS) is 1. The number of para-hydroxylation sites is 1. The van der Waals surface area contributed by atoms with Gasteiger partial charge in [-0.15, -0.1) is 0 Å². The van der Waals surface area contributed by atoms with E-state index in [1.165, 1.54) is 50.6 Å². The van der Waals surface area contributed by atoms with Crippen LogP contribution in [-0.2, 0) is 28.4 Å². The predicted molar refractivity (Wildman–Crippen MR) is 269 cm³/mol. The molecule has 5 amide bonds. The van der Waals surface area contributed by atoms with Crippen LogP contribution in [0.15, 0.2) is 158 Å². The molecule has 3 N–H and O–H groups in total. The first-order chi connectivity index (χ1) is 35.8. The van der Waals surface area contributed by atoms with Crippen molar-refractivity contribution in [3.63, 3.8) is 0 Å². The highest BCUT2D eigenvalue weighted by Gasteiger charge is 2.38. The van der Waals surface area contributed by atoms with Gasteiger partial charge in [-0.3, -0.25) is 24.0 Å². The van der Waals surface area contributed by atoms with Crippen LogP contribution in [0, 0.1) is 0 Å². The fourth-order valence-corrected chi connectivity index (χ4v) is 8.08. The van der Waals surface area contributed by atoms with Gasteiger partial charge in [0.1, 0.15) is 0 Å². The molecule has 0 radical (unpaired) electrons. The molecule has 19 heteroatoms. The van der Waals surface area contributed by atoms with E-state index in [1.807, 2.05) is 60.7 Å². The van der Waals surface area contributed by atoms with E-state index in [0.29, 0.717) is 30.6 Å². The van der Waals surface area contributed by atoms with E-state index in [1.54, 1.807) is 48.2 Å². The number of alkyl halides is 6. The summed E-state index contributed by atoms with van der Waals surface area (Å²) in [4.78, 5) is 78.1. The van der Waals surface area contributed by atoms with Gasteiger partial charge < -0.3 is 35.3 Å². The molecule has 2 fully saturated rings. The highest BCUT2D eigenvalue weighted by molar-refractivity contribution is 5.98. The summed E-state index contributed by atoms with van der Waals surface area (Å²) in [5, 5.41) is 14.6. The quantitative estimate of drug-likeness (QED) is 0.108. The van der Waals surface area contributed by atoms with Gasteiger partial charge in [-0.25, -0.2) is 4.79 Å². The number of anilines is 2. The molecular formula is C56H54F6N6O7. The molecule has 2 saturated heterocycles. The second-order valence-corrected chi connectivity index (χ2v) is 17.2. The number of nitrogens with one attached hydrogen (secondary N) is 2. The fraction of sp³-hybridized carbons (Fsp3) is 0.250. The van der Waals surface area contributed by atoms with Crippen LogP contribution in [-0.4, -0.2) is 119 Å². The molecule has 6 aromatic rings. The summed E-state index contributed by atoms with van der Waals surface area (Å²) in [7, 11) is 0. The van der Waals surface area contributed by atoms with Crippen LogP contribution in [0.2, 0.25) is 0 Å². The minimum Gasteiger partial charge on any atom is -0.478 e. The Morgan fingerprint density at radius 1 is 0.467 bits per heavy atom. The summed E-state index contributed by atoms with van der Waals surface area (Å²) < 4.78 is 78.7. The van der Waals surface area contributed by atoms with Crippen LogP contribution in [0.1, 0.15) is 77.0 Å². The van der Waals surface area contributed by atoms with Gasteiger partial charge in [0, 0.05) is 75.7 Å². The maximum absolute atomic E-state index is 13.3. The molecule has 0 bridgehead atoms. The molecule has 6 aromatic carbocycles. The van der Waals surface area contributed by atoms with E-state index >= 15 is 0 Å². The predicted octanol–water partition coefficient (Wildman–Crippen LogP) is 9.54. The SMILES string of the molecule is CCC(=O)N1CCN(C(=O)c2ccccc2C(F)(F)F)CC1.O=C(NCC(=O)N1CCN(C(=O)c2ccccc2C(F)(F)F)CC1)c1ccc(Nc2ccccc2)cc1.O=C(O)c1ccc(Cc2ccccc2)cc1. The number of nitrogens with zero attached hydrogens (tertiary/aromatic N) is 4. The van der Waals surface area contributed by atoms with E-state index < -0.39 is 52.7 Å². The van der Waals surface area contributed by atoms with E-state index in [4.69, 9.17) is 5.11 Å². The Balaban J connectivity index is 0.000000203. The van der Waals surface area contributed by atoms with Crippen molar-refractivity contribution in [1.82, 2.24) is 24.9 Å². The number of piperazine rings is 2. The van der Waals surface area contributed by atoms with Crippen molar-refractivity contribution in [3.05, 3.63) is 202 Å². The molecule has 2 heterocycles. The fourth-order valence-electron chi connectivity index (χ4n) is 8.08. The summed E-state index contributed by atoms with van der Waals surface area (Å²) in [5.41, 5.74) is 2.14. The number of hydrogen-bond acceptors (Lipinski definition) is 7. The van der Waals surface area contributed by atoms with Crippen LogP contribution in [0.3, 0.4) is 0 Å². The molecule has 392 valence electrons. The molecule has 2 aliphatic rings. The molecule has 75 heavy (non-hydrogen) atoms. The van der Waals surface area contributed by atoms with Gasteiger partial charge in [0.2, 0.25) is 11.8 Å². The third-order valence-corrected chi connectivity index (χ3v) is 12.1. The molecule has 0 atom stereocenters. The van der Waals surface area contributed by atoms with Crippen LogP contribution >= 0.6 is 0 Å². The molecule has 8 rings (SSSR count). The lowest BCUT2D eigenvalue weighted by Crippen LogP contribution is -2.52. The molecule has 2 aliphatic heterocycles. The molecule has 0 unspecified atom stereocenters. The number of rotatable bonds is 11. The summed E-state index contributed by atoms with van der Waals surface area (Å²) >= 11 is 0. The zero-order chi connectivity index (χ0) is 54.1. The largest absolute Gasteiger partial charge is 0.478 e. The highest BCUT2D eigenvalue weighted by atomic mass is 19.4. The first kappa shape index (κ1) is 55.8. The highest BCUT2D eigenvalue weighted by Crippen LogP contribution is 2.34. The Kier molecular flexibility index (Phi) is 19.3. The second kappa shape index (κ2) is 26.0. The van der Waals surface area contributed by atoms with Gasteiger partial charge in [0.25, 0.3) is 17.7 Å². The molecule has 13 nitrogen and oxygen atoms in total. The number of amides is 5. The topological polar surface area (TPSA) is 160 Å². The Morgan fingerprint density at radius 3 is 1.31 bits per heavy atom. The summed E-state index contributed by atoms with van der Waals surface area (Å²) in [5.74, 6) is -3.00. The Bertz CT molecular complexity index is 2890. The number of aromatic carboxylic acids is 1. The number of carbonyl (C=O) groups excluding carboxylic acids is 5. The van der Waals surface area contributed by atoms with Crippen molar-refractivity contribution in [2.75, 3.05) is 64.2 Å². The lowest BCUT2D eigenvalue weighted by Gasteiger charge is -2.35. The molecular weight excluding hydrogens is 983 g/mol. The van der Waals surface area contributed by atoms with E-state index in [-0.39, 0.29) is 63.2 Å². The second-order valence-electron chi connectivity index (χ2n) is 17.2. The van der Waals surface area contributed by atoms with E-state index in [2.05, 4.69) is 22.8 Å². The number of carboxylic acids is 1. The average Bonchev–Trinajstić information content (AvgIpc) is 3.42. The van der Waals surface area contributed by atoms with Crippen molar-refractivity contribution in [1.29, 1.82) is 0 Å². The average molecular weight is 1040 g/mol. The third kappa shape index (κ3) is 16.0. The number of benzene rings is 6. The van der Waals surface area contributed by atoms with Crippen LogP contribution in [0.25, 0.3) is 0 Å². The Morgan fingerprint density at radius 2 is 0.853 bits per heavy atom. The summed E-state index contributed by atoms with van der Waals surface area (Å²) in [6.07, 6.45) is -7.99. The van der Waals surface area contributed by atoms with Crippen LogP contribution < -0.4 is 10.6 Å². The molecule has 0 spiro atoms. The lowest BCUT2D eigenvalue weighted by atomic mass is 10.0. The normalized spacial score (nSPS) is 13.5. The minimum atomic E-state index is -4.64. The maximum Gasteiger partial charge on any atom is 0.417 e. The standard InChI is InChI=1S/C27H25F3N4O3.C15H17F3N2O2.C14H12O2/c28-27(29,30)23-9-5-4-8-22(23)26(37)34-16-14-33(15-17-34)24(35)18-31-25(36)19-10-12-21(13-11-19)32-20-6-2-1-3-7-20;1-2-13(21)19-7-9-20(10-8-19)14(22)11-5-3-4-6-12(11)15(16,17)18;15-14(16)13-8-6-12(7-9-13)10-11-4-2-1-3-5-11/h1-13,32H,14-18H2,(H,31,36);3-6H,2,7-10H2,1H3;1-9H,10H2,(H,15,16). The third-order valence-electron chi connectivity index (χ3n) is 12.1. The Hall–Kier alpha value is -8.48. The van der Waals surface area contributed by atoms with Crippen LogP contribution in [0.4, 0.5) is 37.7 Å². The van der Waals surface area contributed by atoms with Gasteiger partial charge in [-0.05, 0) is 90.3 Å². The van der Waals surface area contributed by atoms with Crippen molar-refractivity contribution >= 4 is 46.9 Å². The zero-order valence-corrected chi connectivity index (χ0v) is 40.7.